The standard InChI is InChI=1S/C44H58ClN5O9/c1-28(2)24-49(42(56)50(43(3,4)5)37(39(52)53)27-59-44(6,7)8)48-38(51)36(22-15-23-46-40(54)57-25-29-16-9-14-21-35(29)45)47-41(55)58-26-34-32-19-12-10-17-30(32)31-18-11-13-20-33(31)34/h9-14,16-21,28,34,36-37H,15,22-27H2,1-8H3,(H,46,54)(H,47,55)(H,48,51)(H,52,53). The van der Waals surface area contributed by atoms with E-state index >= 15 is 0 Å². The van der Waals surface area contributed by atoms with E-state index in [0.29, 0.717) is 10.6 Å². The number of carbonyl (C=O) groups is 5. The van der Waals surface area contributed by atoms with Crippen molar-refractivity contribution in [2.75, 3.05) is 26.3 Å². The van der Waals surface area contributed by atoms with E-state index in [1.54, 1.807) is 65.8 Å². The van der Waals surface area contributed by atoms with Gasteiger partial charge in [-0.3, -0.25) is 10.2 Å². The van der Waals surface area contributed by atoms with Crippen molar-refractivity contribution in [3.8, 4) is 11.1 Å². The summed E-state index contributed by atoms with van der Waals surface area (Å²) in [5, 5.41) is 17.1. The van der Waals surface area contributed by atoms with Crippen molar-refractivity contribution in [2.24, 2.45) is 5.92 Å². The Labute approximate surface area is 351 Å². The Morgan fingerprint density at radius 2 is 1.42 bits per heavy atom. The Balaban J connectivity index is 1.51. The number of nitrogens with zero attached hydrogens (tertiary/aromatic N) is 2. The molecule has 0 heterocycles. The monoisotopic (exact) mass is 835 g/mol. The third-order valence-corrected chi connectivity index (χ3v) is 9.80. The number of urea groups is 1. The third-order valence-electron chi connectivity index (χ3n) is 9.43. The number of benzene rings is 3. The lowest BCUT2D eigenvalue weighted by atomic mass is 9.98. The first-order valence-corrected chi connectivity index (χ1v) is 20.2. The Kier molecular flexibility index (Phi) is 16.2. The second-order valence-corrected chi connectivity index (χ2v) is 17.2. The maximum atomic E-state index is 14.4. The van der Waals surface area contributed by atoms with Crippen LogP contribution in [0.3, 0.4) is 0 Å². The molecule has 1 aliphatic carbocycles. The fourth-order valence-corrected chi connectivity index (χ4v) is 6.90. The fraction of sp³-hybridized carbons (Fsp3) is 0.477. The summed E-state index contributed by atoms with van der Waals surface area (Å²) in [7, 11) is 0. The second-order valence-electron chi connectivity index (χ2n) is 16.8. The van der Waals surface area contributed by atoms with Crippen LogP contribution in [0, 0.1) is 5.92 Å². The van der Waals surface area contributed by atoms with Crippen molar-refractivity contribution < 1.29 is 43.3 Å². The van der Waals surface area contributed by atoms with Gasteiger partial charge in [-0.2, -0.15) is 0 Å². The number of rotatable bonds is 16. The minimum absolute atomic E-state index is 0.00125. The topological polar surface area (TPSA) is 176 Å². The van der Waals surface area contributed by atoms with Crippen LogP contribution in [0.4, 0.5) is 14.4 Å². The van der Waals surface area contributed by atoms with Crippen LogP contribution in [0.2, 0.25) is 5.02 Å². The average molecular weight is 836 g/mol. The molecule has 0 spiro atoms. The third kappa shape index (κ3) is 13.3. The van der Waals surface area contributed by atoms with Gasteiger partial charge in [0.1, 0.15) is 19.3 Å². The molecule has 0 bridgehead atoms. The number of amides is 5. The number of hydrazine groups is 1. The molecule has 0 saturated carbocycles. The van der Waals surface area contributed by atoms with Crippen LogP contribution in [0.25, 0.3) is 11.1 Å². The molecule has 320 valence electrons. The molecule has 0 radical (unpaired) electrons. The van der Waals surface area contributed by atoms with Crippen LogP contribution in [0.1, 0.15) is 90.8 Å². The van der Waals surface area contributed by atoms with Gasteiger partial charge in [-0.15, -0.1) is 0 Å². The molecule has 3 aromatic rings. The summed E-state index contributed by atoms with van der Waals surface area (Å²) in [6.07, 6.45) is -1.33. The summed E-state index contributed by atoms with van der Waals surface area (Å²) in [4.78, 5) is 68.3. The molecule has 4 N–H and O–H groups in total. The molecule has 15 heteroatoms. The number of carboxylic acids is 1. The molecule has 4 rings (SSSR count). The lowest BCUT2D eigenvalue weighted by Gasteiger charge is -2.43. The fourth-order valence-electron chi connectivity index (χ4n) is 6.71. The molecule has 1 aliphatic rings. The van der Waals surface area contributed by atoms with Crippen molar-refractivity contribution >= 4 is 41.7 Å². The highest BCUT2D eigenvalue weighted by Gasteiger charge is 2.41. The summed E-state index contributed by atoms with van der Waals surface area (Å²) < 4.78 is 16.9. The number of fused-ring (bicyclic) bond motifs is 3. The first-order valence-electron chi connectivity index (χ1n) is 19.8. The van der Waals surface area contributed by atoms with Crippen LogP contribution in [-0.2, 0) is 30.4 Å². The largest absolute Gasteiger partial charge is 0.480 e. The Hall–Kier alpha value is -5.34. The van der Waals surface area contributed by atoms with E-state index in [2.05, 4.69) is 16.1 Å². The molecule has 5 amide bonds. The summed E-state index contributed by atoms with van der Waals surface area (Å²) in [6.45, 7) is 13.9. The van der Waals surface area contributed by atoms with E-state index in [4.69, 9.17) is 25.8 Å². The predicted octanol–water partition coefficient (Wildman–Crippen LogP) is 7.73. The molecule has 3 aromatic carbocycles. The summed E-state index contributed by atoms with van der Waals surface area (Å²) in [5.41, 5.74) is 5.73. The first kappa shape index (κ1) is 46.4. The van der Waals surface area contributed by atoms with Gasteiger partial charge in [0.25, 0.3) is 5.91 Å². The van der Waals surface area contributed by atoms with E-state index in [0.717, 1.165) is 27.3 Å². The normalized spacial score (nSPS) is 13.4. The van der Waals surface area contributed by atoms with Gasteiger partial charge in [-0.1, -0.05) is 92.2 Å². The number of nitrogens with one attached hydrogen (secondary N) is 3. The van der Waals surface area contributed by atoms with Gasteiger partial charge < -0.3 is 34.9 Å². The number of halogens is 1. The van der Waals surface area contributed by atoms with Gasteiger partial charge >= 0.3 is 24.2 Å². The van der Waals surface area contributed by atoms with Crippen molar-refractivity contribution in [2.45, 2.75) is 104 Å². The highest BCUT2D eigenvalue weighted by atomic mass is 35.5. The number of ether oxygens (including phenoxy) is 3. The molecule has 0 saturated heterocycles. The number of alkyl carbamates (subject to hydrolysis) is 2. The molecule has 0 aliphatic heterocycles. The number of carbonyl (C=O) groups excluding carboxylic acids is 4. The van der Waals surface area contributed by atoms with Gasteiger partial charge in [0.05, 0.1) is 12.2 Å². The molecule has 14 nitrogen and oxygen atoms in total. The highest BCUT2D eigenvalue weighted by molar-refractivity contribution is 6.31. The summed E-state index contributed by atoms with van der Waals surface area (Å²) >= 11 is 6.17. The van der Waals surface area contributed by atoms with E-state index in [9.17, 15) is 29.1 Å². The van der Waals surface area contributed by atoms with Crippen molar-refractivity contribution in [1.82, 2.24) is 26.0 Å². The molecule has 0 aromatic heterocycles. The van der Waals surface area contributed by atoms with Crippen LogP contribution < -0.4 is 16.1 Å². The van der Waals surface area contributed by atoms with Gasteiger partial charge in [0.2, 0.25) is 0 Å². The molecular weight excluding hydrogens is 778 g/mol. The maximum Gasteiger partial charge on any atom is 0.407 e. The number of aliphatic carboxylic acids is 1. The zero-order valence-corrected chi connectivity index (χ0v) is 35.9. The summed E-state index contributed by atoms with van der Waals surface area (Å²) in [5.74, 6) is -2.42. The quantitative estimate of drug-likeness (QED) is 0.0831. The predicted molar refractivity (Wildman–Crippen MR) is 225 cm³/mol. The average Bonchev–Trinajstić information content (AvgIpc) is 3.48. The highest BCUT2D eigenvalue weighted by Crippen LogP contribution is 2.44. The molecule has 0 fully saturated rings. The van der Waals surface area contributed by atoms with E-state index < -0.39 is 53.3 Å². The van der Waals surface area contributed by atoms with E-state index in [-0.39, 0.29) is 57.6 Å². The number of hydrogen-bond acceptors (Lipinski definition) is 8. The number of hydrogen-bond donors (Lipinski definition) is 4. The molecule has 59 heavy (non-hydrogen) atoms. The molecule has 2 unspecified atom stereocenters. The van der Waals surface area contributed by atoms with E-state index in [1.807, 2.05) is 62.4 Å². The first-order chi connectivity index (χ1) is 27.8. The molecular formula is C44H58ClN5O9. The van der Waals surface area contributed by atoms with Crippen LogP contribution in [0.5, 0.6) is 0 Å². The minimum atomic E-state index is -1.40. The lowest BCUT2D eigenvalue weighted by Crippen LogP contribution is -2.64. The van der Waals surface area contributed by atoms with Gasteiger partial charge in [-0.25, -0.2) is 24.2 Å². The smallest absolute Gasteiger partial charge is 0.407 e. The Bertz CT molecular complexity index is 1900. The SMILES string of the molecule is CC(C)CN(NC(=O)C(CCCNC(=O)OCc1ccccc1Cl)NC(=O)OCC1c2ccccc2-c2ccccc21)C(=O)N(C(COC(C)(C)C)C(=O)O)C(C)(C)C. The molecule has 2 atom stereocenters. The second kappa shape index (κ2) is 20.6. The number of carboxylic acid groups (broad SMARTS) is 1. The maximum absolute atomic E-state index is 14.4. The van der Waals surface area contributed by atoms with Gasteiger partial charge in [0, 0.05) is 35.1 Å². The lowest BCUT2D eigenvalue weighted by molar-refractivity contribution is -0.149. The zero-order chi connectivity index (χ0) is 43.5. The van der Waals surface area contributed by atoms with Gasteiger partial charge in [0.15, 0.2) is 6.04 Å². The zero-order valence-electron chi connectivity index (χ0n) is 35.2. The summed E-state index contributed by atoms with van der Waals surface area (Å²) in [6, 6.07) is 19.4. The van der Waals surface area contributed by atoms with E-state index in [1.165, 1.54) is 4.90 Å². The Morgan fingerprint density at radius 1 is 0.831 bits per heavy atom. The van der Waals surface area contributed by atoms with Crippen molar-refractivity contribution in [3.63, 3.8) is 0 Å². The van der Waals surface area contributed by atoms with Crippen LogP contribution >= 0.6 is 11.6 Å². The van der Waals surface area contributed by atoms with Crippen molar-refractivity contribution in [3.05, 3.63) is 94.5 Å². The minimum Gasteiger partial charge on any atom is -0.480 e. The Morgan fingerprint density at radius 3 is 1.98 bits per heavy atom. The van der Waals surface area contributed by atoms with Gasteiger partial charge in [-0.05, 0) is 88.6 Å². The van der Waals surface area contributed by atoms with Crippen LogP contribution in [0.15, 0.2) is 72.8 Å². The van der Waals surface area contributed by atoms with Crippen LogP contribution in [-0.4, -0.2) is 94.6 Å². The van der Waals surface area contributed by atoms with Crippen molar-refractivity contribution in [1.29, 1.82) is 0 Å².